The standard InChI is InChI=1S/C19H30N4O3/c1-22(2)17-9-18(21-14-20-17)23-12-19(13-23)10-16(5-8-26-19)25-11-15-3-6-24-7-4-15/h9,14-16H,3-8,10-13H2,1-2H3/t16-/m0/s1. The molecular weight excluding hydrogens is 332 g/mol. The van der Waals surface area contributed by atoms with Crippen molar-refractivity contribution >= 4 is 11.6 Å². The fraction of sp³-hybridized carbons (Fsp3) is 0.789. The first-order chi connectivity index (χ1) is 12.6. The third-order valence-electron chi connectivity index (χ3n) is 5.73. The minimum atomic E-state index is -0.0676. The number of anilines is 2. The molecule has 0 N–H and O–H groups in total. The Morgan fingerprint density at radius 3 is 2.77 bits per heavy atom. The summed E-state index contributed by atoms with van der Waals surface area (Å²) in [4.78, 5) is 13.0. The average molecular weight is 362 g/mol. The summed E-state index contributed by atoms with van der Waals surface area (Å²) in [5.74, 6) is 2.56. The van der Waals surface area contributed by atoms with Gasteiger partial charge < -0.3 is 24.0 Å². The summed E-state index contributed by atoms with van der Waals surface area (Å²) in [6.07, 6.45) is 6.20. The minimum Gasteiger partial charge on any atom is -0.381 e. The van der Waals surface area contributed by atoms with Gasteiger partial charge in [0.2, 0.25) is 0 Å². The Balaban J connectivity index is 1.29. The van der Waals surface area contributed by atoms with E-state index in [-0.39, 0.29) is 5.60 Å². The smallest absolute Gasteiger partial charge is 0.134 e. The highest BCUT2D eigenvalue weighted by Gasteiger charge is 2.48. The zero-order chi connectivity index (χ0) is 18.0. The van der Waals surface area contributed by atoms with Crippen LogP contribution in [0.15, 0.2) is 12.4 Å². The van der Waals surface area contributed by atoms with Crippen LogP contribution in [0, 0.1) is 5.92 Å². The highest BCUT2D eigenvalue weighted by Crippen LogP contribution is 2.38. The molecule has 1 aromatic rings. The normalized spacial score (nSPS) is 25.9. The summed E-state index contributed by atoms with van der Waals surface area (Å²) in [5.41, 5.74) is -0.0676. The molecule has 0 amide bonds. The number of rotatable bonds is 5. The predicted molar refractivity (Wildman–Crippen MR) is 99.8 cm³/mol. The molecular formula is C19H30N4O3. The first-order valence-corrected chi connectivity index (χ1v) is 9.71. The molecule has 144 valence electrons. The molecule has 3 fully saturated rings. The first kappa shape index (κ1) is 17.9. The third-order valence-corrected chi connectivity index (χ3v) is 5.73. The van der Waals surface area contributed by atoms with Crippen molar-refractivity contribution in [2.75, 3.05) is 63.4 Å². The van der Waals surface area contributed by atoms with Crippen molar-refractivity contribution in [3.8, 4) is 0 Å². The maximum atomic E-state index is 6.26. The Morgan fingerprint density at radius 1 is 1.19 bits per heavy atom. The summed E-state index contributed by atoms with van der Waals surface area (Å²) < 4.78 is 17.8. The fourth-order valence-electron chi connectivity index (χ4n) is 4.10. The Labute approximate surface area is 155 Å². The van der Waals surface area contributed by atoms with E-state index in [1.807, 2.05) is 25.1 Å². The average Bonchev–Trinajstić information content (AvgIpc) is 2.65. The summed E-state index contributed by atoms with van der Waals surface area (Å²) >= 11 is 0. The second-order valence-corrected chi connectivity index (χ2v) is 8.02. The molecule has 0 saturated carbocycles. The molecule has 7 nitrogen and oxygen atoms in total. The molecule has 3 aliphatic heterocycles. The fourth-order valence-corrected chi connectivity index (χ4v) is 4.10. The van der Waals surface area contributed by atoms with Crippen molar-refractivity contribution in [2.45, 2.75) is 37.4 Å². The zero-order valence-electron chi connectivity index (χ0n) is 15.9. The molecule has 4 rings (SSSR count). The van der Waals surface area contributed by atoms with Crippen LogP contribution in [0.3, 0.4) is 0 Å². The van der Waals surface area contributed by atoms with Gasteiger partial charge in [-0.1, -0.05) is 0 Å². The largest absolute Gasteiger partial charge is 0.381 e. The van der Waals surface area contributed by atoms with Crippen molar-refractivity contribution in [3.05, 3.63) is 12.4 Å². The number of aromatic nitrogens is 2. The predicted octanol–water partition coefficient (Wildman–Crippen LogP) is 1.72. The zero-order valence-corrected chi connectivity index (χ0v) is 15.9. The molecule has 0 unspecified atom stereocenters. The second-order valence-electron chi connectivity index (χ2n) is 8.02. The van der Waals surface area contributed by atoms with E-state index < -0.39 is 0 Å². The maximum Gasteiger partial charge on any atom is 0.134 e. The lowest BCUT2D eigenvalue weighted by Crippen LogP contribution is -2.66. The van der Waals surface area contributed by atoms with Crippen molar-refractivity contribution in [3.63, 3.8) is 0 Å². The van der Waals surface area contributed by atoms with Crippen LogP contribution in [0.4, 0.5) is 11.6 Å². The van der Waals surface area contributed by atoms with Crippen LogP contribution < -0.4 is 9.80 Å². The molecule has 4 heterocycles. The van der Waals surface area contributed by atoms with Crippen LogP contribution >= 0.6 is 0 Å². The van der Waals surface area contributed by atoms with Crippen LogP contribution in [0.2, 0.25) is 0 Å². The van der Waals surface area contributed by atoms with Gasteiger partial charge in [-0.3, -0.25) is 0 Å². The summed E-state index contributed by atoms with van der Waals surface area (Å²) in [5, 5.41) is 0. The van der Waals surface area contributed by atoms with Gasteiger partial charge in [0.25, 0.3) is 0 Å². The molecule has 0 aromatic carbocycles. The monoisotopic (exact) mass is 362 g/mol. The molecule has 3 saturated heterocycles. The Morgan fingerprint density at radius 2 is 2.00 bits per heavy atom. The molecule has 7 heteroatoms. The van der Waals surface area contributed by atoms with E-state index in [1.165, 1.54) is 0 Å². The highest BCUT2D eigenvalue weighted by atomic mass is 16.5. The van der Waals surface area contributed by atoms with Crippen molar-refractivity contribution in [2.24, 2.45) is 5.92 Å². The first-order valence-electron chi connectivity index (χ1n) is 9.71. The van der Waals surface area contributed by atoms with E-state index in [0.717, 1.165) is 76.8 Å². The van der Waals surface area contributed by atoms with Crippen LogP contribution in [0.25, 0.3) is 0 Å². The number of ether oxygens (including phenoxy) is 3. The van der Waals surface area contributed by atoms with Crippen LogP contribution in [0.5, 0.6) is 0 Å². The van der Waals surface area contributed by atoms with Gasteiger partial charge in [0.15, 0.2) is 0 Å². The quantitative estimate of drug-likeness (QED) is 0.790. The molecule has 1 atom stereocenters. The van der Waals surface area contributed by atoms with Gasteiger partial charge in [0.05, 0.1) is 19.2 Å². The lowest BCUT2D eigenvalue weighted by atomic mass is 9.84. The van der Waals surface area contributed by atoms with Gasteiger partial charge in [-0.25, -0.2) is 9.97 Å². The van der Waals surface area contributed by atoms with Crippen LogP contribution in [0.1, 0.15) is 25.7 Å². The molecule has 0 aliphatic carbocycles. The third kappa shape index (κ3) is 3.94. The molecule has 0 bridgehead atoms. The van der Waals surface area contributed by atoms with E-state index in [0.29, 0.717) is 12.0 Å². The highest BCUT2D eigenvalue weighted by molar-refractivity contribution is 5.52. The van der Waals surface area contributed by atoms with Gasteiger partial charge in [-0.05, 0) is 25.2 Å². The van der Waals surface area contributed by atoms with Crippen LogP contribution in [-0.2, 0) is 14.2 Å². The van der Waals surface area contributed by atoms with E-state index >= 15 is 0 Å². The van der Waals surface area contributed by atoms with Crippen molar-refractivity contribution in [1.82, 2.24) is 9.97 Å². The van der Waals surface area contributed by atoms with E-state index in [1.54, 1.807) is 6.33 Å². The molecule has 1 aromatic heterocycles. The van der Waals surface area contributed by atoms with E-state index in [2.05, 4.69) is 14.9 Å². The minimum absolute atomic E-state index is 0.0676. The van der Waals surface area contributed by atoms with Gasteiger partial charge in [0.1, 0.15) is 23.6 Å². The van der Waals surface area contributed by atoms with E-state index in [9.17, 15) is 0 Å². The number of hydrogen-bond donors (Lipinski definition) is 0. The summed E-state index contributed by atoms with van der Waals surface area (Å²) in [6, 6.07) is 2.04. The molecule has 3 aliphatic rings. The topological polar surface area (TPSA) is 60.0 Å². The van der Waals surface area contributed by atoms with Gasteiger partial charge in [0, 0.05) is 53.0 Å². The van der Waals surface area contributed by atoms with Gasteiger partial charge >= 0.3 is 0 Å². The maximum absolute atomic E-state index is 6.26. The summed E-state index contributed by atoms with van der Waals surface area (Å²) in [7, 11) is 3.99. The molecule has 0 radical (unpaired) electrons. The lowest BCUT2D eigenvalue weighted by Gasteiger charge is -2.53. The van der Waals surface area contributed by atoms with Gasteiger partial charge in [-0.2, -0.15) is 0 Å². The molecule has 26 heavy (non-hydrogen) atoms. The van der Waals surface area contributed by atoms with Gasteiger partial charge in [-0.15, -0.1) is 0 Å². The Kier molecular flexibility index (Phi) is 5.29. The molecule has 1 spiro atoms. The Bertz CT molecular complexity index is 600. The summed E-state index contributed by atoms with van der Waals surface area (Å²) in [6.45, 7) is 5.19. The SMILES string of the molecule is CN(C)c1cc(N2CC3(C[C@@H](OCC4CCOCC4)CCO3)C2)ncn1. The van der Waals surface area contributed by atoms with Crippen molar-refractivity contribution in [1.29, 1.82) is 0 Å². The van der Waals surface area contributed by atoms with Crippen LogP contribution in [-0.4, -0.2) is 75.3 Å². The van der Waals surface area contributed by atoms with Crippen molar-refractivity contribution < 1.29 is 14.2 Å². The second kappa shape index (κ2) is 7.66. The lowest BCUT2D eigenvalue weighted by molar-refractivity contribution is -0.150. The number of hydrogen-bond acceptors (Lipinski definition) is 7. The number of nitrogens with zero attached hydrogens (tertiary/aromatic N) is 4. The van der Waals surface area contributed by atoms with E-state index in [4.69, 9.17) is 14.2 Å². The Hall–Kier alpha value is -1.44.